The molecule has 26 heavy (non-hydrogen) atoms. The van der Waals surface area contributed by atoms with Gasteiger partial charge in [0.25, 0.3) is 5.91 Å². The van der Waals surface area contributed by atoms with Crippen LogP contribution < -0.4 is 5.32 Å². The minimum atomic E-state index is -3.31. The summed E-state index contributed by atoms with van der Waals surface area (Å²) in [4.78, 5) is 12.6. The molecule has 0 spiro atoms. The van der Waals surface area contributed by atoms with Gasteiger partial charge in [-0.15, -0.1) is 0 Å². The monoisotopic (exact) mass is 365 g/mol. The number of hydrogen-bond donors (Lipinski definition) is 1. The number of rotatable bonds is 5. The molecule has 0 aliphatic carbocycles. The summed E-state index contributed by atoms with van der Waals surface area (Å²) in [6.07, 6.45) is 0. The SMILES string of the molecule is CCS(=O)(=O)c1cccc(NC(=O)c2ccc(-c3ccccc3)cc2)c1. The van der Waals surface area contributed by atoms with Crippen molar-refractivity contribution in [1.29, 1.82) is 0 Å². The summed E-state index contributed by atoms with van der Waals surface area (Å²) in [7, 11) is -3.31. The first kappa shape index (κ1) is 17.9. The van der Waals surface area contributed by atoms with E-state index in [1.807, 2.05) is 42.5 Å². The van der Waals surface area contributed by atoms with Gasteiger partial charge in [0.05, 0.1) is 10.6 Å². The smallest absolute Gasteiger partial charge is 0.255 e. The quantitative estimate of drug-likeness (QED) is 0.729. The maximum atomic E-state index is 12.4. The molecule has 5 heteroatoms. The molecular weight excluding hydrogens is 346 g/mol. The summed E-state index contributed by atoms with van der Waals surface area (Å²) < 4.78 is 23.9. The van der Waals surface area contributed by atoms with Crippen molar-refractivity contribution in [3.8, 4) is 11.1 Å². The zero-order valence-corrected chi connectivity index (χ0v) is 15.2. The van der Waals surface area contributed by atoms with Crippen LogP contribution in [0.15, 0.2) is 83.8 Å². The molecule has 132 valence electrons. The molecule has 0 heterocycles. The Bertz CT molecular complexity index is 1010. The highest BCUT2D eigenvalue weighted by atomic mass is 32.2. The molecule has 3 rings (SSSR count). The molecule has 0 bridgehead atoms. The van der Waals surface area contributed by atoms with E-state index < -0.39 is 9.84 Å². The first-order chi connectivity index (χ1) is 12.5. The maximum absolute atomic E-state index is 12.4. The second-order valence-corrected chi connectivity index (χ2v) is 8.11. The van der Waals surface area contributed by atoms with E-state index >= 15 is 0 Å². The number of carbonyl (C=O) groups is 1. The van der Waals surface area contributed by atoms with Gasteiger partial charge in [-0.3, -0.25) is 4.79 Å². The van der Waals surface area contributed by atoms with Gasteiger partial charge in [0.1, 0.15) is 0 Å². The van der Waals surface area contributed by atoms with Crippen LogP contribution in [0.25, 0.3) is 11.1 Å². The first-order valence-electron chi connectivity index (χ1n) is 8.29. The second-order valence-electron chi connectivity index (χ2n) is 5.83. The molecule has 0 fully saturated rings. The minimum absolute atomic E-state index is 0.0192. The van der Waals surface area contributed by atoms with E-state index in [2.05, 4.69) is 5.32 Å². The number of anilines is 1. The Kier molecular flexibility index (Phi) is 5.19. The average Bonchev–Trinajstić information content (AvgIpc) is 2.69. The highest BCUT2D eigenvalue weighted by Gasteiger charge is 2.13. The number of carbonyl (C=O) groups excluding carboxylic acids is 1. The van der Waals surface area contributed by atoms with Crippen molar-refractivity contribution in [3.05, 3.63) is 84.4 Å². The predicted molar refractivity (Wildman–Crippen MR) is 104 cm³/mol. The normalized spacial score (nSPS) is 11.1. The van der Waals surface area contributed by atoms with Crippen LogP contribution in [-0.2, 0) is 9.84 Å². The van der Waals surface area contributed by atoms with E-state index in [-0.39, 0.29) is 16.6 Å². The van der Waals surface area contributed by atoms with Gasteiger partial charge < -0.3 is 5.32 Å². The fourth-order valence-corrected chi connectivity index (χ4v) is 3.51. The van der Waals surface area contributed by atoms with Gasteiger partial charge in [0.2, 0.25) is 0 Å². The van der Waals surface area contributed by atoms with Crippen LogP contribution in [0.1, 0.15) is 17.3 Å². The van der Waals surface area contributed by atoms with Gasteiger partial charge in [-0.05, 0) is 41.5 Å². The van der Waals surface area contributed by atoms with Gasteiger partial charge in [0, 0.05) is 11.3 Å². The Hall–Kier alpha value is -2.92. The zero-order valence-electron chi connectivity index (χ0n) is 14.3. The van der Waals surface area contributed by atoms with E-state index in [4.69, 9.17) is 0 Å². The lowest BCUT2D eigenvalue weighted by atomic mass is 10.0. The third-order valence-corrected chi connectivity index (χ3v) is 5.82. The molecule has 0 aliphatic heterocycles. The lowest BCUT2D eigenvalue weighted by Crippen LogP contribution is -2.12. The number of hydrogen-bond acceptors (Lipinski definition) is 3. The topological polar surface area (TPSA) is 63.2 Å². The van der Waals surface area contributed by atoms with Crippen molar-refractivity contribution in [1.82, 2.24) is 0 Å². The largest absolute Gasteiger partial charge is 0.322 e. The standard InChI is InChI=1S/C21H19NO3S/c1-2-26(24,25)20-10-6-9-19(15-20)22-21(23)18-13-11-17(12-14-18)16-7-4-3-5-8-16/h3-15H,2H2,1H3,(H,22,23). The van der Waals surface area contributed by atoms with Crippen LogP contribution in [-0.4, -0.2) is 20.1 Å². The average molecular weight is 365 g/mol. The van der Waals surface area contributed by atoms with Crippen molar-refractivity contribution in [2.75, 3.05) is 11.1 Å². The Morgan fingerprint density at radius 3 is 2.15 bits per heavy atom. The van der Waals surface area contributed by atoms with Crippen molar-refractivity contribution < 1.29 is 13.2 Å². The summed E-state index contributed by atoms with van der Waals surface area (Å²) in [5.41, 5.74) is 3.07. The van der Waals surface area contributed by atoms with E-state index in [1.165, 1.54) is 12.1 Å². The van der Waals surface area contributed by atoms with Crippen LogP contribution in [0.2, 0.25) is 0 Å². The summed E-state index contributed by atoms with van der Waals surface area (Å²) in [5, 5.41) is 2.75. The fraction of sp³-hybridized carbons (Fsp3) is 0.0952. The van der Waals surface area contributed by atoms with Gasteiger partial charge in [-0.1, -0.05) is 55.5 Å². The summed E-state index contributed by atoms with van der Waals surface area (Å²) in [5.74, 6) is -0.263. The van der Waals surface area contributed by atoms with Crippen LogP contribution in [0.3, 0.4) is 0 Å². The number of sulfone groups is 1. The summed E-state index contributed by atoms with van der Waals surface area (Å²) >= 11 is 0. The van der Waals surface area contributed by atoms with E-state index in [9.17, 15) is 13.2 Å². The Morgan fingerprint density at radius 2 is 1.50 bits per heavy atom. The highest BCUT2D eigenvalue weighted by Crippen LogP contribution is 2.21. The van der Waals surface area contributed by atoms with Crippen LogP contribution in [0, 0.1) is 0 Å². The molecule has 1 N–H and O–H groups in total. The summed E-state index contributed by atoms with van der Waals surface area (Å²) in [6.45, 7) is 1.59. The molecule has 0 atom stereocenters. The molecule has 1 amide bonds. The molecule has 0 aliphatic rings. The fourth-order valence-electron chi connectivity index (χ4n) is 2.58. The van der Waals surface area contributed by atoms with Gasteiger partial charge in [0.15, 0.2) is 9.84 Å². The zero-order chi connectivity index (χ0) is 18.6. The molecule has 0 unspecified atom stereocenters. The van der Waals surface area contributed by atoms with Crippen molar-refractivity contribution in [2.45, 2.75) is 11.8 Å². The number of nitrogens with one attached hydrogen (secondary N) is 1. The van der Waals surface area contributed by atoms with E-state index in [0.717, 1.165) is 11.1 Å². The molecule has 4 nitrogen and oxygen atoms in total. The second kappa shape index (κ2) is 7.54. The predicted octanol–water partition coefficient (Wildman–Crippen LogP) is 4.40. The molecule has 0 radical (unpaired) electrons. The van der Waals surface area contributed by atoms with Crippen LogP contribution >= 0.6 is 0 Å². The highest BCUT2D eigenvalue weighted by molar-refractivity contribution is 7.91. The van der Waals surface area contributed by atoms with Crippen LogP contribution in [0.5, 0.6) is 0 Å². The Labute approximate surface area is 153 Å². The van der Waals surface area contributed by atoms with E-state index in [1.54, 1.807) is 31.2 Å². The molecule has 3 aromatic carbocycles. The van der Waals surface area contributed by atoms with Gasteiger partial charge >= 0.3 is 0 Å². The lowest BCUT2D eigenvalue weighted by Gasteiger charge is -2.08. The van der Waals surface area contributed by atoms with Crippen molar-refractivity contribution in [2.24, 2.45) is 0 Å². The number of benzene rings is 3. The van der Waals surface area contributed by atoms with Gasteiger partial charge in [-0.2, -0.15) is 0 Å². The minimum Gasteiger partial charge on any atom is -0.322 e. The lowest BCUT2D eigenvalue weighted by molar-refractivity contribution is 0.102. The van der Waals surface area contributed by atoms with Gasteiger partial charge in [-0.25, -0.2) is 8.42 Å². The van der Waals surface area contributed by atoms with Crippen molar-refractivity contribution in [3.63, 3.8) is 0 Å². The van der Waals surface area contributed by atoms with E-state index in [0.29, 0.717) is 11.3 Å². The number of amides is 1. The molecule has 3 aromatic rings. The summed E-state index contributed by atoms with van der Waals surface area (Å²) in [6, 6.07) is 23.5. The third-order valence-electron chi connectivity index (χ3n) is 4.09. The Balaban J connectivity index is 1.78. The van der Waals surface area contributed by atoms with Crippen LogP contribution in [0.4, 0.5) is 5.69 Å². The molecular formula is C21H19NO3S. The molecule has 0 saturated heterocycles. The first-order valence-corrected chi connectivity index (χ1v) is 9.94. The molecule has 0 saturated carbocycles. The van der Waals surface area contributed by atoms with Crippen molar-refractivity contribution >= 4 is 21.4 Å². The third kappa shape index (κ3) is 4.00. The Morgan fingerprint density at radius 1 is 0.846 bits per heavy atom. The molecule has 0 aromatic heterocycles. The maximum Gasteiger partial charge on any atom is 0.255 e.